The predicted octanol–water partition coefficient (Wildman–Crippen LogP) is 5.03. The fraction of sp³-hybridized carbons (Fsp3) is 0.292. The van der Waals surface area contributed by atoms with Gasteiger partial charge in [0.25, 0.3) is 5.91 Å². The number of halogens is 2. The van der Waals surface area contributed by atoms with Crippen LogP contribution in [-0.2, 0) is 6.61 Å². The van der Waals surface area contributed by atoms with Gasteiger partial charge in [-0.25, -0.2) is 4.39 Å². The molecule has 0 aliphatic heterocycles. The van der Waals surface area contributed by atoms with Crippen LogP contribution in [0.5, 0.6) is 0 Å². The van der Waals surface area contributed by atoms with Gasteiger partial charge >= 0.3 is 0 Å². The fourth-order valence-corrected chi connectivity index (χ4v) is 4.26. The van der Waals surface area contributed by atoms with Crippen molar-refractivity contribution in [1.29, 1.82) is 0 Å². The second-order valence-corrected chi connectivity index (χ2v) is 8.62. The van der Waals surface area contributed by atoms with Gasteiger partial charge in [0.2, 0.25) is 5.76 Å². The third kappa shape index (κ3) is 4.71. The molecule has 1 saturated carbocycles. The topological polar surface area (TPSA) is 82.2 Å². The van der Waals surface area contributed by atoms with Gasteiger partial charge in [-0.1, -0.05) is 29.6 Å². The Morgan fingerprint density at radius 3 is 2.94 bits per heavy atom. The number of benzene rings is 1. The van der Waals surface area contributed by atoms with Crippen LogP contribution in [0.25, 0.3) is 22.3 Å². The van der Waals surface area contributed by atoms with Crippen LogP contribution in [0, 0.1) is 11.7 Å². The Morgan fingerprint density at radius 2 is 2.09 bits per heavy atom. The number of pyridine rings is 1. The van der Waals surface area contributed by atoms with Crippen LogP contribution in [0.15, 0.2) is 53.3 Å². The van der Waals surface area contributed by atoms with Gasteiger partial charge in [0.05, 0.1) is 5.52 Å². The van der Waals surface area contributed by atoms with Crippen molar-refractivity contribution >= 4 is 28.5 Å². The van der Waals surface area contributed by atoms with Crippen LogP contribution in [-0.4, -0.2) is 27.3 Å². The van der Waals surface area contributed by atoms with E-state index >= 15 is 0 Å². The van der Waals surface area contributed by atoms with E-state index in [1.807, 2.05) is 6.07 Å². The second kappa shape index (κ2) is 9.23. The third-order valence-corrected chi connectivity index (χ3v) is 6.29. The zero-order valence-corrected chi connectivity index (χ0v) is 18.5. The van der Waals surface area contributed by atoms with Crippen LogP contribution >= 0.6 is 11.6 Å². The minimum atomic E-state index is -0.381. The number of carbonyl (C=O) groups is 1. The number of fused-ring (bicyclic) bond motifs is 1. The molecular formula is C24H22ClFN4O3. The number of amides is 1. The number of nitrogens with one attached hydrogen (secondary N) is 1. The first-order valence-electron chi connectivity index (χ1n) is 10.9. The molecule has 1 fully saturated rings. The predicted molar refractivity (Wildman–Crippen MR) is 121 cm³/mol. The first kappa shape index (κ1) is 21.5. The van der Waals surface area contributed by atoms with Gasteiger partial charge in [0, 0.05) is 41.2 Å². The van der Waals surface area contributed by atoms with E-state index in [2.05, 4.69) is 15.5 Å². The average Bonchev–Trinajstić information content (AvgIpc) is 3.58. The lowest BCUT2D eigenvalue weighted by molar-refractivity contribution is 0.0910. The van der Waals surface area contributed by atoms with Crippen molar-refractivity contribution in [3.8, 4) is 11.3 Å². The molecule has 0 radical (unpaired) electrons. The molecule has 4 aromatic rings. The lowest BCUT2D eigenvalue weighted by atomic mass is 10.1. The molecule has 0 saturated heterocycles. The monoisotopic (exact) mass is 468 g/mol. The van der Waals surface area contributed by atoms with E-state index in [-0.39, 0.29) is 24.1 Å². The van der Waals surface area contributed by atoms with Crippen LogP contribution in [0.4, 0.5) is 4.39 Å². The van der Waals surface area contributed by atoms with Gasteiger partial charge in [-0.05, 0) is 49.1 Å². The zero-order chi connectivity index (χ0) is 22.8. The highest BCUT2D eigenvalue weighted by Gasteiger charge is 2.19. The van der Waals surface area contributed by atoms with E-state index in [1.54, 1.807) is 29.3 Å². The molecule has 7 nitrogen and oxygen atoms in total. The van der Waals surface area contributed by atoms with Gasteiger partial charge in [0.1, 0.15) is 23.6 Å². The maximum absolute atomic E-state index is 13.5. The Hall–Kier alpha value is -3.39. The lowest BCUT2D eigenvalue weighted by Gasteiger charge is -2.10. The normalized spacial score (nSPS) is 14.1. The van der Waals surface area contributed by atoms with Gasteiger partial charge < -0.3 is 14.7 Å². The van der Waals surface area contributed by atoms with E-state index in [0.717, 1.165) is 12.8 Å². The molecule has 170 valence electrons. The Kier molecular flexibility index (Phi) is 6.00. The van der Waals surface area contributed by atoms with Crippen LogP contribution < -0.4 is 10.2 Å². The summed E-state index contributed by atoms with van der Waals surface area (Å²) in [5.74, 6) is 0.0512. The van der Waals surface area contributed by atoms with Gasteiger partial charge in [-0.2, -0.15) is 4.73 Å². The molecule has 1 N–H and O–H groups in total. The van der Waals surface area contributed by atoms with Crippen molar-refractivity contribution in [1.82, 2.24) is 20.2 Å². The number of aromatic nitrogens is 3. The largest absolute Gasteiger partial charge is 0.409 e. The van der Waals surface area contributed by atoms with E-state index in [9.17, 15) is 9.18 Å². The molecule has 1 aliphatic carbocycles. The summed E-state index contributed by atoms with van der Waals surface area (Å²) in [6.45, 7) is 0.739. The summed E-state index contributed by atoms with van der Waals surface area (Å²) in [4.78, 5) is 22.7. The molecule has 1 aromatic carbocycles. The van der Waals surface area contributed by atoms with Crippen molar-refractivity contribution < 1.29 is 18.5 Å². The average molecular weight is 469 g/mol. The molecule has 3 aromatic heterocycles. The molecule has 0 unspecified atom stereocenters. The van der Waals surface area contributed by atoms with Gasteiger partial charge in [-0.15, -0.1) is 0 Å². The molecule has 3 heterocycles. The van der Waals surface area contributed by atoms with Crippen LogP contribution in [0.3, 0.4) is 0 Å². The molecular weight excluding hydrogens is 447 g/mol. The van der Waals surface area contributed by atoms with E-state index < -0.39 is 0 Å². The smallest absolute Gasteiger partial charge is 0.289 e. The summed E-state index contributed by atoms with van der Waals surface area (Å²) in [7, 11) is 0. The molecule has 1 aliphatic rings. The molecule has 0 spiro atoms. The molecule has 33 heavy (non-hydrogen) atoms. The molecule has 1 amide bonds. The molecule has 0 atom stereocenters. The minimum absolute atomic E-state index is 0.0832. The van der Waals surface area contributed by atoms with E-state index in [4.69, 9.17) is 21.0 Å². The van der Waals surface area contributed by atoms with Crippen LogP contribution in [0.2, 0.25) is 5.02 Å². The van der Waals surface area contributed by atoms with Crippen molar-refractivity contribution in [2.75, 3.05) is 6.54 Å². The highest BCUT2D eigenvalue weighted by atomic mass is 35.5. The molecule has 5 rings (SSSR count). The molecule has 0 bridgehead atoms. The standard InChI is InChI=1S/C24H22ClFN4O3/c25-19-6-5-18(26)9-17(19)14-32-30-8-7-20-22(30)10-16(13-27-20)21-11-23(33-29-21)24(31)28-12-15-3-1-2-4-15/h5-11,13,15H,1-4,12,14H2,(H,28,31). The SMILES string of the molecule is O=C(NCC1CCCC1)c1cc(-c2cnc3ccn(OCc4cc(F)ccc4Cl)c3c2)no1. The summed E-state index contributed by atoms with van der Waals surface area (Å²) in [5.41, 5.74) is 3.11. The Labute approximate surface area is 194 Å². The van der Waals surface area contributed by atoms with Crippen molar-refractivity contribution in [2.24, 2.45) is 5.92 Å². The number of nitrogens with zero attached hydrogens (tertiary/aromatic N) is 3. The summed E-state index contributed by atoms with van der Waals surface area (Å²) in [6, 6.07) is 9.38. The molecule has 9 heteroatoms. The highest BCUT2D eigenvalue weighted by Crippen LogP contribution is 2.25. The van der Waals surface area contributed by atoms with Gasteiger partial charge in [-0.3, -0.25) is 9.78 Å². The van der Waals surface area contributed by atoms with Gasteiger partial charge in [0.15, 0.2) is 0 Å². The fourth-order valence-electron chi connectivity index (χ4n) is 4.09. The van der Waals surface area contributed by atoms with E-state index in [0.29, 0.717) is 45.3 Å². The maximum Gasteiger partial charge on any atom is 0.289 e. The second-order valence-electron chi connectivity index (χ2n) is 8.22. The highest BCUT2D eigenvalue weighted by molar-refractivity contribution is 6.31. The maximum atomic E-state index is 13.5. The Balaban J connectivity index is 1.31. The Morgan fingerprint density at radius 1 is 1.24 bits per heavy atom. The quantitative estimate of drug-likeness (QED) is 0.411. The summed E-state index contributed by atoms with van der Waals surface area (Å²) in [6.07, 6.45) is 8.14. The Bertz CT molecular complexity index is 1300. The van der Waals surface area contributed by atoms with Crippen LogP contribution in [0.1, 0.15) is 41.8 Å². The number of hydrogen-bond acceptors (Lipinski definition) is 5. The first-order valence-corrected chi connectivity index (χ1v) is 11.2. The first-order chi connectivity index (χ1) is 16.1. The summed E-state index contributed by atoms with van der Waals surface area (Å²) in [5, 5.41) is 7.39. The minimum Gasteiger partial charge on any atom is -0.409 e. The summed E-state index contributed by atoms with van der Waals surface area (Å²) >= 11 is 6.13. The third-order valence-electron chi connectivity index (χ3n) is 5.93. The summed E-state index contributed by atoms with van der Waals surface area (Å²) < 4.78 is 20.3. The van der Waals surface area contributed by atoms with Crippen molar-refractivity contribution in [3.63, 3.8) is 0 Å². The van der Waals surface area contributed by atoms with Crippen molar-refractivity contribution in [3.05, 3.63) is 71.0 Å². The number of carbonyl (C=O) groups excluding carboxylic acids is 1. The number of hydrogen-bond donors (Lipinski definition) is 1. The van der Waals surface area contributed by atoms with E-state index in [1.165, 1.54) is 31.0 Å². The lowest BCUT2D eigenvalue weighted by Crippen LogP contribution is -2.27. The zero-order valence-electron chi connectivity index (χ0n) is 17.8. The number of rotatable bonds is 7. The van der Waals surface area contributed by atoms with Crippen molar-refractivity contribution in [2.45, 2.75) is 32.3 Å².